The lowest BCUT2D eigenvalue weighted by Gasteiger charge is -2.17. The first kappa shape index (κ1) is 19.1. The third-order valence-corrected chi connectivity index (χ3v) is 3.61. The molecule has 0 spiro atoms. The Hall–Kier alpha value is -3.28. The molecule has 6 nitrogen and oxygen atoms in total. The van der Waals surface area contributed by atoms with E-state index in [0.29, 0.717) is 23.3 Å². The molecule has 2 rings (SSSR count). The summed E-state index contributed by atoms with van der Waals surface area (Å²) in [5, 5.41) is 3.29. The molecule has 26 heavy (non-hydrogen) atoms. The number of anilines is 1. The van der Waals surface area contributed by atoms with Gasteiger partial charge in [0.15, 0.2) is 5.75 Å². The van der Waals surface area contributed by atoms with Crippen LogP contribution < -0.4 is 10.1 Å². The van der Waals surface area contributed by atoms with Crippen LogP contribution in [0.3, 0.4) is 0 Å². The molecule has 2 aromatic rings. The number of methoxy groups -OCH3 is 1. The molecule has 0 aliphatic rings. The van der Waals surface area contributed by atoms with Gasteiger partial charge in [-0.2, -0.15) is 0 Å². The molecule has 1 heterocycles. The second kappa shape index (κ2) is 9.27. The lowest BCUT2D eigenvalue weighted by Crippen LogP contribution is -2.22. The number of rotatable bonds is 7. The highest BCUT2D eigenvalue weighted by Gasteiger charge is 2.17. The van der Waals surface area contributed by atoms with Crippen LogP contribution in [0.15, 0.2) is 81.2 Å². The summed E-state index contributed by atoms with van der Waals surface area (Å²) in [7, 11) is 3.31. The van der Waals surface area contributed by atoms with Gasteiger partial charge in [-0.3, -0.25) is 9.98 Å². The number of amidine groups is 1. The number of allylic oxidation sites excluding steroid dienone is 1. The normalized spacial score (nSPS) is 13.1. The maximum Gasteiger partial charge on any atom is 0.289 e. The van der Waals surface area contributed by atoms with E-state index in [0.717, 1.165) is 17.0 Å². The third-order valence-electron chi connectivity index (χ3n) is 3.61. The van der Waals surface area contributed by atoms with Gasteiger partial charge < -0.3 is 19.2 Å². The van der Waals surface area contributed by atoms with Gasteiger partial charge in [-0.25, -0.2) is 0 Å². The van der Waals surface area contributed by atoms with E-state index in [-0.39, 0.29) is 0 Å². The monoisotopic (exact) mass is 353 g/mol. The van der Waals surface area contributed by atoms with E-state index in [4.69, 9.17) is 13.9 Å². The number of hydrogen-bond acceptors (Lipinski definition) is 5. The number of hydrogen-bond donors (Lipinski definition) is 1. The molecule has 1 aromatic heterocycles. The Bertz CT molecular complexity index is 834. The summed E-state index contributed by atoms with van der Waals surface area (Å²) in [5.41, 5.74) is 2.22. The lowest BCUT2D eigenvalue weighted by atomic mass is 10.1. The largest absolute Gasteiger partial charge is 0.501 e. The minimum absolute atomic E-state index is 0.405. The van der Waals surface area contributed by atoms with Crippen LogP contribution in [-0.2, 0) is 4.74 Å². The molecule has 136 valence electrons. The van der Waals surface area contributed by atoms with Crippen LogP contribution >= 0.6 is 0 Å². The fourth-order valence-corrected chi connectivity index (χ4v) is 2.34. The lowest BCUT2D eigenvalue weighted by molar-refractivity contribution is 0.292. The molecule has 0 radical (unpaired) electrons. The number of ether oxygens (including phenoxy) is 2. The first-order valence-electron chi connectivity index (χ1n) is 8.05. The molecular formula is C20H23N3O3. The van der Waals surface area contributed by atoms with Crippen molar-refractivity contribution in [1.29, 1.82) is 0 Å². The number of benzene rings is 1. The first-order chi connectivity index (χ1) is 12.6. The van der Waals surface area contributed by atoms with Crippen molar-refractivity contribution in [3.05, 3.63) is 66.8 Å². The van der Waals surface area contributed by atoms with Gasteiger partial charge in [-0.1, -0.05) is 18.7 Å². The van der Waals surface area contributed by atoms with Crippen LogP contribution in [-0.4, -0.2) is 25.7 Å². The number of nitrogens with zero attached hydrogens (tertiary/aromatic N) is 2. The van der Waals surface area contributed by atoms with Crippen LogP contribution in [0.4, 0.5) is 5.69 Å². The Labute approximate surface area is 153 Å². The molecule has 0 saturated heterocycles. The van der Waals surface area contributed by atoms with E-state index in [2.05, 4.69) is 21.9 Å². The highest BCUT2D eigenvalue weighted by Crippen LogP contribution is 2.30. The Morgan fingerprint density at radius 3 is 2.58 bits per heavy atom. The Balaban J connectivity index is 2.38. The minimum Gasteiger partial charge on any atom is -0.501 e. The average molecular weight is 353 g/mol. The van der Waals surface area contributed by atoms with Crippen molar-refractivity contribution in [3.8, 4) is 11.7 Å². The predicted molar refractivity (Wildman–Crippen MR) is 105 cm³/mol. The quantitative estimate of drug-likeness (QED) is 0.430. The van der Waals surface area contributed by atoms with Crippen molar-refractivity contribution < 1.29 is 13.9 Å². The maximum atomic E-state index is 5.79. The molecule has 0 aliphatic carbocycles. The van der Waals surface area contributed by atoms with E-state index in [1.165, 1.54) is 6.20 Å². The molecule has 0 unspecified atom stereocenters. The Morgan fingerprint density at radius 1 is 1.19 bits per heavy atom. The average Bonchev–Trinajstić information content (AvgIpc) is 3.15. The third kappa shape index (κ3) is 4.63. The van der Waals surface area contributed by atoms with Gasteiger partial charge in [0, 0.05) is 19.3 Å². The van der Waals surface area contributed by atoms with Crippen LogP contribution in [0.1, 0.15) is 13.8 Å². The highest BCUT2D eigenvalue weighted by atomic mass is 16.6. The van der Waals surface area contributed by atoms with E-state index in [1.807, 2.05) is 38.1 Å². The van der Waals surface area contributed by atoms with Gasteiger partial charge in [-0.15, -0.1) is 0 Å². The van der Waals surface area contributed by atoms with Crippen molar-refractivity contribution in [2.45, 2.75) is 13.8 Å². The topological polar surface area (TPSA) is 68.4 Å². The second-order valence-corrected chi connectivity index (χ2v) is 5.26. The standard InChI is InChI=1S/C20H23N3O3/c1-6-22-14(2)19(15(3)24-5)20(21-4)23-16-10-7-8-11-17(16)26-18-12-9-13-25-18/h6-13H,1H2,2-5H3,(H,21,23)/b19-15-,22-14?. The molecule has 0 aliphatic heterocycles. The predicted octanol–water partition coefficient (Wildman–Crippen LogP) is 5.04. The van der Waals surface area contributed by atoms with Crippen LogP contribution in [0, 0.1) is 0 Å². The van der Waals surface area contributed by atoms with Gasteiger partial charge >= 0.3 is 0 Å². The molecule has 1 aromatic carbocycles. The van der Waals surface area contributed by atoms with Crippen LogP contribution in [0.2, 0.25) is 0 Å². The fourth-order valence-electron chi connectivity index (χ4n) is 2.34. The van der Waals surface area contributed by atoms with E-state index >= 15 is 0 Å². The summed E-state index contributed by atoms with van der Waals surface area (Å²) in [4.78, 5) is 8.63. The van der Waals surface area contributed by atoms with Gasteiger partial charge in [0.25, 0.3) is 5.95 Å². The first-order valence-corrected chi connectivity index (χ1v) is 8.05. The van der Waals surface area contributed by atoms with E-state index in [1.54, 1.807) is 32.6 Å². The number of furan rings is 1. The zero-order valence-electron chi connectivity index (χ0n) is 15.4. The molecule has 0 atom stereocenters. The molecule has 6 heteroatoms. The summed E-state index contributed by atoms with van der Waals surface area (Å²) >= 11 is 0. The minimum atomic E-state index is 0.405. The van der Waals surface area contributed by atoms with Gasteiger partial charge in [0.1, 0.15) is 11.6 Å². The van der Waals surface area contributed by atoms with Crippen LogP contribution in [0.5, 0.6) is 11.7 Å². The summed E-state index contributed by atoms with van der Waals surface area (Å²) in [6.07, 6.45) is 3.04. The summed E-state index contributed by atoms with van der Waals surface area (Å²) in [5.74, 6) is 2.30. The fraction of sp³-hybridized carbons (Fsp3) is 0.200. The number of nitrogens with one attached hydrogen (secondary N) is 1. The van der Waals surface area contributed by atoms with E-state index in [9.17, 15) is 0 Å². The van der Waals surface area contributed by atoms with Crippen molar-refractivity contribution in [3.63, 3.8) is 0 Å². The van der Waals surface area contributed by atoms with Crippen molar-refractivity contribution in [1.82, 2.24) is 0 Å². The molecule has 0 saturated carbocycles. The molecule has 1 N–H and O–H groups in total. The van der Waals surface area contributed by atoms with Crippen molar-refractivity contribution in [2.24, 2.45) is 9.98 Å². The second-order valence-electron chi connectivity index (χ2n) is 5.26. The van der Waals surface area contributed by atoms with Crippen molar-refractivity contribution in [2.75, 3.05) is 19.5 Å². The SMILES string of the molecule is C=CN=C(C)/C(C(=NC)Nc1ccccc1Oc1ccco1)=C(\C)OC. The summed E-state index contributed by atoms with van der Waals surface area (Å²) in [6, 6.07) is 11.0. The zero-order chi connectivity index (χ0) is 18.9. The maximum absolute atomic E-state index is 5.79. The van der Waals surface area contributed by atoms with E-state index < -0.39 is 0 Å². The molecular weight excluding hydrogens is 330 g/mol. The number of para-hydroxylation sites is 2. The van der Waals surface area contributed by atoms with Gasteiger partial charge in [-0.05, 0) is 32.0 Å². The van der Waals surface area contributed by atoms with Crippen LogP contribution in [0.25, 0.3) is 0 Å². The number of aliphatic imine (C=N–C) groups is 2. The smallest absolute Gasteiger partial charge is 0.289 e. The Kier molecular flexibility index (Phi) is 6.79. The molecule has 0 bridgehead atoms. The van der Waals surface area contributed by atoms with Crippen molar-refractivity contribution >= 4 is 17.2 Å². The Morgan fingerprint density at radius 2 is 1.96 bits per heavy atom. The zero-order valence-corrected chi connectivity index (χ0v) is 15.4. The summed E-state index contributed by atoms with van der Waals surface area (Å²) < 4.78 is 16.5. The molecule has 0 fully saturated rings. The summed E-state index contributed by atoms with van der Waals surface area (Å²) in [6.45, 7) is 7.38. The van der Waals surface area contributed by atoms with Gasteiger partial charge in [0.05, 0.1) is 30.3 Å². The molecule has 0 amide bonds. The highest BCUT2D eigenvalue weighted by molar-refractivity contribution is 6.27. The van der Waals surface area contributed by atoms with Gasteiger partial charge in [0.2, 0.25) is 0 Å².